The lowest BCUT2D eigenvalue weighted by atomic mass is 9.89. The van der Waals surface area contributed by atoms with Gasteiger partial charge in [-0.2, -0.15) is 0 Å². The SMILES string of the molecule is CNCCc1ccccc1CNCC(C)(C)CCOC. The summed E-state index contributed by atoms with van der Waals surface area (Å²) < 4.78 is 5.17. The number of ether oxygens (including phenoxy) is 1. The van der Waals surface area contributed by atoms with Gasteiger partial charge in [0.05, 0.1) is 0 Å². The summed E-state index contributed by atoms with van der Waals surface area (Å²) >= 11 is 0. The normalized spacial score (nSPS) is 11.8. The molecule has 20 heavy (non-hydrogen) atoms. The highest BCUT2D eigenvalue weighted by Gasteiger charge is 2.16. The smallest absolute Gasteiger partial charge is 0.0467 e. The van der Waals surface area contributed by atoms with E-state index in [9.17, 15) is 0 Å². The first-order valence-corrected chi connectivity index (χ1v) is 7.50. The van der Waals surface area contributed by atoms with E-state index in [-0.39, 0.29) is 5.41 Å². The number of benzene rings is 1. The Morgan fingerprint density at radius 2 is 1.85 bits per heavy atom. The molecule has 114 valence electrons. The fraction of sp³-hybridized carbons (Fsp3) is 0.647. The van der Waals surface area contributed by atoms with E-state index in [2.05, 4.69) is 48.7 Å². The zero-order chi connectivity index (χ0) is 14.8. The molecule has 0 fully saturated rings. The van der Waals surface area contributed by atoms with Gasteiger partial charge in [0.25, 0.3) is 0 Å². The van der Waals surface area contributed by atoms with Gasteiger partial charge >= 0.3 is 0 Å². The molecular weight excluding hydrogens is 248 g/mol. The Kier molecular flexibility index (Phi) is 7.82. The maximum atomic E-state index is 5.17. The predicted octanol–water partition coefficient (Wildman–Crippen LogP) is 2.60. The number of methoxy groups -OCH3 is 1. The first-order chi connectivity index (χ1) is 9.59. The van der Waals surface area contributed by atoms with Crippen LogP contribution < -0.4 is 10.6 Å². The highest BCUT2D eigenvalue weighted by Crippen LogP contribution is 2.19. The van der Waals surface area contributed by atoms with Gasteiger partial charge in [-0.1, -0.05) is 38.1 Å². The van der Waals surface area contributed by atoms with Crippen LogP contribution in [0.25, 0.3) is 0 Å². The van der Waals surface area contributed by atoms with E-state index in [0.29, 0.717) is 0 Å². The molecule has 0 radical (unpaired) electrons. The summed E-state index contributed by atoms with van der Waals surface area (Å²) in [6.45, 7) is 8.37. The molecule has 0 aliphatic heterocycles. The molecule has 3 nitrogen and oxygen atoms in total. The molecule has 0 atom stereocenters. The molecular formula is C17H30N2O. The highest BCUT2D eigenvalue weighted by atomic mass is 16.5. The fourth-order valence-corrected chi connectivity index (χ4v) is 2.24. The number of hydrogen-bond donors (Lipinski definition) is 2. The van der Waals surface area contributed by atoms with Crippen LogP contribution in [0, 0.1) is 5.41 Å². The van der Waals surface area contributed by atoms with E-state index >= 15 is 0 Å². The molecule has 0 spiro atoms. The second kappa shape index (κ2) is 9.11. The van der Waals surface area contributed by atoms with Crippen molar-refractivity contribution in [1.82, 2.24) is 10.6 Å². The van der Waals surface area contributed by atoms with Crippen LogP contribution in [0.4, 0.5) is 0 Å². The van der Waals surface area contributed by atoms with Gasteiger partial charge in [-0.05, 0) is 43.0 Å². The quantitative estimate of drug-likeness (QED) is 0.690. The summed E-state index contributed by atoms with van der Waals surface area (Å²) in [5.41, 5.74) is 3.12. The molecule has 1 aromatic rings. The third-order valence-electron chi connectivity index (χ3n) is 3.66. The second-order valence-corrected chi connectivity index (χ2v) is 6.13. The van der Waals surface area contributed by atoms with E-state index in [0.717, 1.165) is 39.1 Å². The summed E-state index contributed by atoms with van der Waals surface area (Å²) in [6, 6.07) is 8.69. The Balaban J connectivity index is 2.45. The molecule has 0 unspecified atom stereocenters. The maximum Gasteiger partial charge on any atom is 0.0467 e. The molecule has 0 aliphatic rings. The largest absolute Gasteiger partial charge is 0.385 e. The third kappa shape index (κ3) is 6.51. The van der Waals surface area contributed by atoms with Gasteiger partial charge in [-0.25, -0.2) is 0 Å². The Labute approximate surface area is 124 Å². The second-order valence-electron chi connectivity index (χ2n) is 6.13. The van der Waals surface area contributed by atoms with Crippen molar-refractivity contribution in [3.63, 3.8) is 0 Å². The van der Waals surface area contributed by atoms with Gasteiger partial charge in [0.2, 0.25) is 0 Å². The summed E-state index contributed by atoms with van der Waals surface area (Å²) in [5.74, 6) is 0. The van der Waals surface area contributed by atoms with Crippen molar-refractivity contribution in [2.45, 2.75) is 33.2 Å². The molecule has 0 amide bonds. The van der Waals surface area contributed by atoms with Crippen LogP contribution in [0.3, 0.4) is 0 Å². The molecule has 0 heterocycles. The minimum atomic E-state index is 0.274. The maximum absolute atomic E-state index is 5.17. The van der Waals surface area contributed by atoms with Gasteiger partial charge in [0, 0.05) is 26.8 Å². The molecule has 0 saturated carbocycles. The lowest BCUT2D eigenvalue weighted by Crippen LogP contribution is -2.30. The van der Waals surface area contributed by atoms with E-state index in [4.69, 9.17) is 4.74 Å². The van der Waals surface area contributed by atoms with Crippen LogP contribution in [-0.4, -0.2) is 33.9 Å². The third-order valence-corrected chi connectivity index (χ3v) is 3.66. The lowest BCUT2D eigenvalue weighted by molar-refractivity contribution is 0.150. The molecule has 0 bridgehead atoms. The highest BCUT2D eigenvalue weighted by molar-refractivity contribution is 5.27. The minimum Gasteiger partial charge on any atom is -0.385 e. The lowest BCUT2D eigenvalue weighted by Gasteiger charge is -2.25. The van der Waals surface area contributed by atoms with Crippen molar-refractivity contribution < 1.29 is 4.74 Å². The Morgan fingerprint density at radius 3 is 2.50 bits per heavy atom. The number of nitrogens with one attached hydrogen (secondary N) is 2. The predicted molar refractivity (Wildman–Crippen MR) is 86.1 cm³/mol. The Morgan fingerprint density at radius 1 is 1.15 bits per heavy atom. The van der Waals surface area contributed by atoms with Crippen molar-refractivity contribution in [3.05, 3.63) is 35.4 Å². The van der Waals surface area contributed by atoms with Gasteiger partial charge in [-0.3, -0.25) is 0 Å². The molecule has 1 aromatic carbocycles. The number of hydrogen-bond acceptors (Lipinski definition) is 3. The van der Waals surface area contributed by atoms with Crippen LogP contribution in [0.2, 0.25) is 0 Å². The zero-order valence-corrected chi connectivity index (χ0v) is 13.5. The Hall–Kier alpha value is -0.900. The van der Waals surface area contributed by atoms with Crippen LogP contribution >= 0.6 is 0 Å². The minimum absolute atomic E-state index is 0.274. The fourth-order valence-electron chi connectivity index (χ4n) is 2.24. The number of likely N-dealkylation sites (N-methyl/N-ethyl adjacent to an activating group) is 1. The Bertz CT molecular complexity index is 377. The van der Waals surface area contributed by atoms with Crippen molar-refractivity contribution >= 4 is 0 Å². The first-order valence-electron chi connectivity index (χ1n) is 7.50. The van der Waals surface area contributed by atoms with Crippen LogP contribution in [0.1, 0.15) is 31.4 Å². The monoisotopic (exact) mass is 278 g/mol. The van der Waals surface area contributed by atoms with Crippen LogP contribution in [-0.2, 0) is 17.7 Å². The molecule has 1 rings (SSSR count). The van der Waals surface area contributed by atoms with Crippen molar-refractivity contribution in [3.8, 4) is 0 Å². The van der Waals surface area contributed by atoms with Crippen molar-refractivity contribution in [2.24, 2.45) is 5.41 Å². The average molecular weight is 278 g/mol. The van der Waals surface area contributed by atoms with Gasteiger partial charge in [-0.15, -0.1) is 0 Å². The van der Waals surface area contributed by atoms with Crippen LogP contribution in [0.15, 0.2) is 24.3 Å². The summed E-state index contributed by atoms with van der Waals surface area (Å²) in [6.07, 6.45) is 2.17. The summed E-state index contributed by atoms with van der Waals surface area (Å²) in [7, 11) is 3.76. The first kappa shape index (κ1) is 17.2. The van der Waals surface area contributed by atoms with Crippen molar-refractivity contribution in [2.75, 3.05) is 33.9 Å². The molecule has 3 heteroatoms. The number of rotatable bonds is 10. The molecule has 2 N–H and O–H groups in total. The average Bonchev–Trinajstić information content (AvgIpc) is 2.44. The topological polar surface area (TPSA) is 33.3 Å². The summed E-state index contributed by atoms with van der Waals surface area (Å²) in [5, 5.41) is 6.80. The van der Waals surface area contributed by atoms with Gasteiger partial charge in [0.1, 0.15) is 0 Å². The van der Waals surface area contributed by atoms with E-state index in [1.54, 1.807) is 7.11 Å². The van der Waals surface area contributed by atoms with Crippen LogP contribution in [0.5, 0.6) is 0 Å². The molecule has 0 aliphatic carbocycles. The summed E-state index contributed by atoms with van der Waals surface area (Å²) in [4.78, 5) is 0. The molecule has 0 aromatic heterocycles. The van der Waals surface area contributed by atoms with E-state index in [1.165, 1.54) is 11.1 Å². The standard InChI is InChI=1S/C17H30N2O/c1-17(2,10-12-20-4)14-19-13-16-8-6-5-7-15(16)9-11-18-3/h5-8,18-19H,9-14H2,1-4H3. The van der Waals surface area contributed by atoms with E-state index < -0.39 is 0 Å². The van der Waals surface area contributed by atoms with Gasteiger partial charge in [0.15, 0.2) is 0 Å². The van der Waals surface area contributed by atoms with Gasteiger partial charge < -0.3 is 15.4 Å². The van der Waals surface area contributed by atoms with E-state index in [1.807, 2.05) is 7.05 Å². The molecule has 0 saturated heterocycles. The van der Waals surface area contributed by atoms with Crippen molar-refractivity contribution in [1.29, 1.82) is 0 Å². The zero-order valence-electron chi connectivity index (χ0n) is 13.5.